The maximum absolute atomic E-state index is 12.4. The van der Waals surface area contributed by atoms with E-state index in [9.17, 15) is 4.79 Å². The molecule has 23 heavy (non-hydrogen) atoms. The zero-order chi connectivity index (χ0) is 16.5. The van der Waals surface area contributed by atoms with E-state index in [-0.39, 0.29) is 12.0 Å². The highest BCUT2D eigenvalue weighted by atomic mass is 16.5. The van der Waals surface area contributed by atoms with Crippen molar-refractivity contribution in [3.8, 4) is 5.75 Å². The van der Waals surface area contributed by atoms with Crippen LogP contribution in [-0.2, 0) is 4.74 Å². The standard InChI is InChI=1S/C18H28N2O3/c1-3-20(4-2)12-11-19-18(21)16-9-5-6-10-17(16)23-14-15-8-7-13-22-15/h5-6,9-10,15H,3-4,7-8,11-14H2,1-2H3,(H,19,21). The first-order valence-electron chi connectivity index (χ1n) is 8.58. The van der Waals surface area contributed by atoms with Gasteiger partial charge in [-0.25, -0.2) is 0 Å². The van der Waals surface area contributed by atoms with Crippen molar-refractivity contribution in [3.63, 3.8) is 0 Å². The van der Waals surface area contributed by atoms with Crippen LogP contribution in [0.5, 0.6) is 5.75 Å². The van der Waals surface area contributed by atoms with Crippen LogP contribution in [0.4, 0.5) is 0 Å². The highest BCUT2D eigenvalue weighted by molar-refractivity contribution is 5.96. The van der Waals surface area contributed by atoms with Crippen LogP contribution in [-0.4, -0.2) is 56.3 Å². The minimum absolute atomic E-state index is 0.0832. The van der Waals surface area contributed by atoms with Crippen LogP contribution < -0.4 is 10.1 Å². The van der Waals surface area contributed by atoms with Gasteiger partial charge in [-0.3, -0.25) is 4.79 Å². The van der Waals surface area contributed by atoms with Crippen LogP contribution in [0.15, 0.2) is 24.3 Å². The molecule has 1 aromatic rings. The third kappa shape index (κ3) is 5.52. The predicted molar refractivity (Wildman–Crippen MR) is 91.0 cm³/mol. The van der Waals surface area contributed by atoms with Crippen LogP contribution in [0.2, 0.25) is 0 Å². The minimum atomic E-state index is -0.0832. The zero-order valence-electron chi connectivity index (χ0n) is 14.2. The fourth-order valence-corrected chi connectivity index (χ4v) is 2.70. The summed E-state index contributed by atoms with van der Waals surface area (Å²) in [5, 5.41) is 2.97. The third-order valence-electron chi connectivity index (χ3n) is 4.19. The van der Waals surface area contributed by atoms with Crippen molar-refractivity contribution >= 4 is 5.91 Å². The minimum Gasteiger partial charge on any atom is -0.490 e. The van der Waals surface area contributed by atoms with Crippen LogP contribution in [0, 0.1) is 0 Å². The fourth-order valence-electron chi connectivity index (χ4n) is 2.70. The molecule has 1 saturated heterocycles. The summed E-state index contributed by atoms with van der Waals surface area (Å²) >= 11 is 0. The average Bonchev–Trinajstić information content (AvgIpc) is 3.10. The highest BCUT2D eigenvalue weighted by Gasteiger charge is 2.18. The van der Waals surface area contributed by atoms with E-state index in [1.807, 2.05) is 18.2 Å². The molecule has 0 spiro atoms. The van der Waals surface area contributed by atoms with Crippen molar-refractivity contribution in [2.24, 2.45) is 0 Å². The molecular formula is C18H28N2O3. The molecule has 0 bridgehead atoms. The molecule has 1 amide bonds. The Morgan fingerprint density at radius 1 is 1.35 bits per heavy atom. The second kappa shape index (κ2) is 9.53. The van der Waals surface area contributed by atoms with Crippen LogP contribution >= 0.6 is 0 Å². The molecule has 0 aliphatic carbocycles. The molecule has 128 valence electrons. The number of benzene rings is 1. The second-order valence-corrected chi connectivity index (χ2v) is 5.72. The summed E-state index contributed by atoms with van der Waals surface area (Å²) in [6, 6.07) is 7.39. The quantitative estimate of drug-likeness (QED) is 0.759. The van der Waals surface area contributed by atoms with Crippen molar-refractivity contribution in [1.82, 2.24) is 10.2 Å². The molecular weight excluding hydrogens is 292 g/mol. The van der Waals surface area contributed by atoms with Crippen LogP contribution in [0.3, 0.4) is 0 Å². The van der Waals surface area contributed by atoms with E-state index < -0.39 is 0 Å². The number of carbonyl (C=O) groups excluding carboxylic acids is 1. The lowest BCUT2D eigenvalue weighted by molar-refractivity contribution is 0.0670. The van der Waals surface area contributed by atoms with Gasteiger partial charge in [0.2, 0.25) is 0 Å². The highest BCUT2D eigenvalue weighted by Crippen LogP contribution is 2.20. The molecule has 2 rings (SSSR count). The van der Waals surface area contributed by atoms with E-state index in [1.165, 1.54) is 0 Å². The molecule has 1 N–H and O–H groups in total. The Morgan fingerprint density at radius 3 is 2.83 bits per heavy atom. The first-order valence-corrected chi connectivity index (χ1v) is 8.58. The summed E-state index contributed by atoms with van der Waals surface area (Å²) in [4.78, 5) is 14.7. The normalized spacial score (nSPS) is 17.4. The molecule has 1 unspecified atom stereocenters. The topological polar surface area (TPSA) is 50.8 Å². The number of amides is 1. The number of nitrogens with one attached hydrogen (secondary N) is 1. The van der Waals surface area contributed by atoms with Crippen molar-refractivity contribution < 1.29 is 14.3 Å². The number of rotatable bonds is 9. The number of para-hydroxylation sites is 1. The van der Waals surface area contributed by atoms with Crippen LogP contribution in [0.1, 0.15) is 37.0 Å². The number of ether oxygens (including phenoxy) is 2. The van der Waals surface area contributed by atoms with Gasteiger partial charge in [0.15, 0.2) is 0 Å². The van der Waals surface area contributed by atoms with Crippen molar-refractivity contribution in [2.45, 2.75) is 32.8 Å². The van der Waals surface area contributed by atoms with Gasteiger partial charge in [0.25, 0.3) is 5.91 Å². The van der Waals surface area contributed by atoms with E-state index in [2.05, 4.69) is 24.1 Å². The Hall–Kier alpha value is -1.59. The van der Waals surface area contributed by atoms with E-state index in [1.54, 1.807) is 6.07 Å². The van der Waals surface area contributed by atoms with E-state index in [0.29, 0.717) is 24.5 Å². The monoisotopic (exact) mass is 320 g/mol. The second-order valence-electron chi connectivity index (χ2n) is 5.72. The van der Waals surface area contributed by atoms with Gasteiger partial charge in [0, 0.05) is 19.7 Å². The summed E-state index contributed by atoms with van der Waals surface area (Å²) in [7, 11) is 0. The molecule has 1 atom stereocenters. The molecule has 1 aromatic carbocycles. The molecule has 5 nitrogen and oxygen atoms in total. The van der Waals surface area contributed by atoms with Gasteiger partial charge >= 0.3 is 0 Å². The molecule has 5 heteroatoms. The van der Waals surface area contributed by atoms with Gasteiger partial charge in [0.05, 0.1) is 11.7 Å². The summed E-state index contributed by atoms with van der Waals surface area (Å²) in [5.74, 6) is 0.545. The first kappa shape index (κ1) is 17.8. The van der Waals surface area contributed by atoms with Gasteiger partial charge in [0.1, 0.15) is 12.4 Å². The third-order valence-corrected chi connectivity index (χ3v) is 4.19. The largest absolute Gasteiger partial charge is 0.490 e. The molecule has 0 aromatic heterocycles. The van der Waals surface area contributed by atoms with Gasteiger partial charge in [-0.2, -0.15) is 0 Å². The molecule has 0 radical (unpaired) electrons. The van der Waals surface area contributed by atoms with Crippen molar-refractivity contribution in [2.75, 3.05) is 39.4 Å². The summed E-state index contributed by atoms with van der Waals surface area (Å²) in [5.41, 5.74) is 0.588. The summed E-state index contributed by atoms with van der Waals surface area (Å²) < 4.78 is 11.4. The SMILES string of the molecule is CCN(CC)CCNC(=O)c1ccccc1OCC1CCCO1. The predicted octanol–water partition coefficient (Wildman–Crippen LogP) is 2.32. The van der Waals surface area contributed by atoms with Gasteiger partial charge < -0.3 is 19.7 Å². The van der Waals surface area contributed by atoms with Gasteiger partial charge in [-0.15, -0.1) is 0 Å². The number of hydrogen-bond donors (Lipinski definition) is 1. The lowest BCUT2D eigenvalue weighted by Crippen LogP contribution is -2.35. The molecule has 0 saturated carbocycles. The Bertz CT molecular complexity index is 483. The van der Waals surface area contributed by atoms with Gasteiger partial charge in [-0.05, 0) is 38.1 Å². The number of hydrogen-bond acceptors (Lipinski definition) is 4. The lowest BCUT2D eigenvalue weighted by atomic mass is 10.2. The van der Waals surface area contributed by atoms with Crippen LogP contribution in [0.25, 0.3) is 0 Å². The maximum atomic E-state index is 12.4. The van der Waals surface area contributed by atoms with Crippen molar-refractivity contribution in [1.29, 1.82) is 0 Å². The summed E-state index contributed by atoms with van der Waals surface area (Å²) in [6.45, 7) is 9.05. The smallest absolute Gasteiger partial charge is 0.255 e. The van der Waals surface area contributed by atoms with E-state index >= 15 is 0 Å². The zero-order valence-corrected chi connectivity index (χ0v) is 14.2. The summed E-state index contributed by atoms with van der Waals surface area (Å²) in [6.07, 6.45) is 2.26. The first-order chi connectivity index (χ1) is 11.2. The molecule has 1 aliphatic rings. The van der Waals surface area contributed by atoms with E-state index in [0.717, 1.165) is 39.1 Å². The number of nitrogens with zero attached hydrogens (tertiary/aromatic N) is 1. The molecule has 1 heterocycles. The maximum Gasteiger partial charge on any atom is 0.255 e. The van der Waals surface area contributed by atoms with Gasteiger partial charge in [-0.1, -0.05) is 26.0 Å². The fraction of sp³-hybridized carbons (Fsp3) is 0.611. The molecule has 1 fully saturated rings. The Kier molecular flexibility index (Phi) is 7.36. The van der Waals surface area contributed by atoms with E-state index in [4.69, 9.17) is 9.47 Å². The molecule has 1 aliphatic heterocycles. The van der Waals surface area contributed by atoms with Crippen molar-refractivity contribution in [3.05, 3.63) is 29.8 Å². The number of carbonyl (C=O) groups is 1. The lowest BCUT2D eigenvalue weighted by Gasteiger charge is -2.18. The Balaban J connectivity index is 1.86. The number of likely N-dealkylation sites (N-methyl/N-ethyl adjacent to an activating group) is 1. The Morgan fingerprint density at radius 2 is 2.13 bits per heavy atom. The Labute approximate surface area is 139 Å². The average molecular weight is 320 g/mol.